The summed E-state index contributed by atoms with van der Waals surface area (Å²) in [6, 6.07) is 13.6. The van der Waals surface area contributed by atoms with Gasteiger partial charge in [0, 0.05) is 5.69 Å². The number of rotatable bonds is 6. The molecule has 7 heteroatoms. The number of likely N-dealkylation sites (N-methyl/N-ethyl adjacent to an activating group) is 1. The number of benzene rings is 2. The molecule has 2 N–H and O–H groups in total. The number of hydrogen-bond donors (Lipinski definition) is 2. The minimum Gasteiger partial charge on any atom is -0.325 e. The summed E-state index contributed by atoms with van der Waals surface area (Å²) in [6.07, 6.45) is 0. The van der Waals surface area contributed by atoms with E-state index in [-0.39, 0.29) is 18.4 Å². The van der Waals surface area contributed by atoms with Gasteiger partial charge in [-0.15, -0.1) is 0 Å². The van der Waals surface area contributed by atoms with E-state index >= 15 is 0 Å². The zero-order valence-corrected chi connectivity index (χ0v) is 15.4. The van der Waals surface area contributed by atoms with Gasteiger partial charge in [0.2, 0.25) is 11.8 Å². The van der Waals surface area contributed by atoms with Crippen LogP contribution in [-0.2, 0) is 9.59 Å². The van der Waals surface area contributed by atoms with Crippen LogP contribution in [0, 0.1) is 0 Å². The third kappa shape index (κ3) is 5.46. The summed E-state index contributed by atoms with van der Waals surface area (Å²) < 4.78 is 0. The van der Waals surface area contributed by atoms with Crippen LogP contribution < -0.4 is 10.6 Å². The van der Waals surface area contributed by atoms with Crippen LogP contribution in [-0.4, -0.2) is 36.3 Å². The molecule has 0 aliphatic heterocycles. The monoisotopic (exact) mass is 379 g/mol. The quantitative estimate of drug-likeness (QED) is 0.799. The molecule has 0 spiro atoms. The van der Waals surface area contributed by atoms with Crippen molar-refractivity contribution in [3.63, 3.8) is 0 Å². The van der Waals surface area contributed by atoms with Gasteiger partial charge in [-0.25, -0.2) is 0 Å². The maximum absolute atomic E-state index is 12.3. The van der Waals surface area contributed by atoms with Crippen LogP contribution in [0.4, 0.5) is 11.4 Å². The molecule has 2 aromatic rings. The largest absolute Gasteiger partial charge is 0.325 e. The number of hydrogen-bond acceptors (Lipinski definition) is 3. The van der Waals surface area contributed by atoms with Gasteiger partial charge in [0.05, 0.1) is 28.3 Å². The van der Waals surface area contributed by atoms with Crippen molar-refractivity contribution >= 4 is 46.4 Å². The number of carbonyl (C=O) groups is 2. The van der Waals surface area contributed by atoms with Gasteiger partial charge >= 0.3 is 0 Å². The minimum absolute atomic E-state index is 0.0188. The third-order valence-corrected chi connectivity index (χ3v) is 4.33. The highest BCUT2D eigenvalue weighted by Crippen LogP contribution is 2.29. The van der Waals surface area contributed by atoms with Crippen molar-refractivity contribution in [1.82, 2.24) is 4.90 Å². The molecule has 2 rings (SSSR count). The highest BCUT2D eigenvalue weighted by molar-refractivity contribution is 6.39. The molecule has 0 saturated heterocycles. The molecular formula is C18H19Cl2N3O2. The van der Waals surface area contributed by atoms with Gasteiger partial charge < -0.3 is 10.6 Å². The van der Waals surface area contributed by atoms with Crippen molar-refractivity contribution in [2.75, 3.05) is 24.2 Å². The topological polar surface area (TPSA) is 61.4 Å². The summed E-state index contributed by atoms with van der Waals surface area (Å²) in [4.78, 5) is 26.1. The Bertz CT molecular complexity index is 733. The lowest BCUT2D eigenvalue weighted by atomic mass is 10.2. The molecule has 0 fully saturated rings. The zero-order valence-electron chi connectivity index (χ0n) is 13.9. The Hall–Kier alpha value is -2.08. The molecule has 0 saturated carbocycles. The number of para-hydroxylation sites is 2. The first-order chi connectivity index (χ1) is 11.9. The molecule has 5 nitrogen and oxygen atoms in total. The van der Waals surface area contributed by atoms with Crippen LogP contribution in [0.3, 0.4) is 0 Å². The SMILES string of the molecule is C[C@@H](C(=O)Nc1ccccc1)N(C)CC(=O)Nc1c(Cl)cccc1Cl. The summed E-state index contributed by atoms with van der Waals surface area (Å²) in [7, 11) is 1.70. The van der Waals surface area contributed by atoms with Gasteiger partial charge in [-0.3, -0.25) is 14.5 Å². The van der Waals surface area contributed by atoms with Crippen LogP contribution in [0.25, 0.3) is 0 Å². The summed E-state index contributed by atoms with van der Waals surface area (Å²) in [5.41, 5.74) is 1.07. The summed E-state index contributed by atoms with van der Waals surface area (Å²) in [5.74, 6) is -0.505. The Kier molecular flexibility index (Phi) is 6.82. The molecule has 2 amide bonds. The Balaban J connectivity index is 1.92. The first kappa shape index (κ1) is 19.2. The molecule has 25 heavy (non-hydrogen) atoms. The van der Waals surface area contributed by atoms with E-state index in [2.05, 4.69) is 10.6 Å². The van der Waals surface area contributed by atoms with Crippen molar-refractivity contribution < 1.29 is 9.59 Å². The Morgan fingerprint density at radius 1 is 1.00 bits per heavy atom. The fourth-order valence-electron chi connectivity index (χ4n) is 2.13. The van der Waals surface area contributed by atoms with Crippen molar-refractivity contribution in [3.05, 3.63) is 58.6 Å². The molecule has 132 valence electrons. The van der Waals surface area contributed by atoms with Gasteiger partial charge in [-0.2, -0.15) is 0 Å². The van der Waals surface area contributed by atoms with Gasteiger partial charge in [0.1, 0.15) is 0 Å². The maximum atomic E-state index is 12.3. The van der Waals surface area contributed by atoms with Crippen LogP contribution in [0.5, 0.6) is 0 Å². The number of amides is 2. The molecule has 0 aromatic heterocycles. The average molecular weight is 380 g/mol. The van der Waals surface area contributed by atoms with Gasteiger partial charge in [-0.05, 0) is 38.2 Å². The molecule has 0 radical (unpaired) electrons. The fourth-order valence-corrected chi connectivity index (χ4v) is 2.62. The number of nitrogens with one attached hydrogen (secondary N) is 2. The Morgan fingerprint density at radius 3 is 2.20 bits per heavy atom. The second-order valence-electron chi connectivity index (χ2n) is 5.59. The van der Waals surface area contributed by atoms with Gasteiger partial charge in [0.15, 0.2) is 0 Å². The van der Waals surface area contributed by atoms with E-state index in [9.17, 15) is 9.59 Å². The van der Waals surface area contributed by atoms with Gasteiger partial charge in [-0.1, -0.05) is 47.5 Å². The molecule has 0 aliphatic rings. The van der Waals surface area contributed by atoms with Crippen molar-refractivity contribution in [3.8, 4) is 0 Å². The molecule has 0 heterocycles. The van der Waals surface area contributed by atoms with E-state index in [0.29, 0.717) is 21.4 Å². The summed E-state index contributed by atoms with van der Waals surface area (Å²) in [6.45, 7) is 1.75. The highest BCUT2D eigenvalue weighted by Gasteiger charge is 2.21. The molecule has 0 unspecified atom stereocenters. The average Bonchev–Trinajstić information content (AvgIpc) is 2.58. The molecule has 1 atom stereocenters. The predicted molar refractivity (Wildman–Crippen MR) is 102 cm³/mol. The van der Waals surface area contributed by atoms with Crippen LogP contribution in [0.2, 0.25) is 10.0 Å². The van der Waals surface area contributed by atoms with E-state index in [1.165, 1.54) is 0 Å². The number of carbonyl (C=O) groups excluding carboxylic acids is 2. The third-order valence-electron chi connectivity index (χ3n) is 3.70. The molecule has 0 bridgehead atoms. The van der Waals surface area contributed by atoms with Gasteiger partial charge in [0.25, 0.3) is 0 Å². The molecule has 2 aromatic carbocycles. The van der Waals surface area contributed by atoms with Crippen molar-refractivity contribution in [2.45, 2.75) is 13.0 Å². The summed E-state index contributed by atoms with van der Waals surface area (Å²) in [5, 5.41) is 6.21. The zero-order chi connectivity index (χ0) is 18.4. The lowest BCUT2D eigenvalue weighted by molar-refractivity contribution is -0.122. The van der Waals surface area contributed by atoms with E-state index in [0.717, 1.165) is 0 Å². The fraction of sp³-hybridized carbons (Fsp3) is 0.222. The Labute approximate surface area is 156 Å². The van der Waals surface area contributed by atoms with Crippen LogP contribution in [0.15, 0.2) is 48.5 Å². The first-order valence-corrected chi connectivity index (χ1v) is 8.44. The maximum Gasteiger partial charge on any atom is 0.241 e. The Morgan fingerprint density at radius 2 is 1.60 bits per heavy atom. The second kappa shape index (κ2) is 8.85. The highest BCUT2D eigenvalue weighted by atomic mass is 35.5. The number of nitrogens with zero attached hydrogens (tertiary/aromatic N) is 1. The van der Waals surface area contributed by atoms with Crippen molar-refractivity contribution in [1.29, 1.82) is 0 Å². The first-order valence-electron chi connectivity index (χ1n) is 7.68. The van der Waals surface area contributed by atoms with E-state index in [1.807, 2.05) is 18.2 Å². The van der Waals surface area contributed by atoms with E-state index < -0.39 is 6.04 Å². The van der Waals surface area contributed by atoms with E-state index in [1.54, 1.807) is 49.2 Å². The molecule has 0 aliphatic carbocycles. The lowest BCUT2D eigenvalue weighted by Gasteiger charge is -2.23. The number of anilines is 2. The predicted octanol–water partition coefficient (Wildman–Crippen LogP) is 3.89. The second-order valence-corrected chi connectivity index (χ2v) is 6.41. The minimum atomic E-state index is -0.493. The normalized spacial score (nSPS) is 11.9. The van der Waals surface area contributed by atoms with E-state index in [4.69, 9.17) is 23.2 Å². The standard InChI is InChI=1S/C18H19Cl2N3O2/c1-12(18(25)21-13-7-4-3-5-8-13)23(2)11-16(24)22-17-14(19)9-6-10-15(17)20/h3-10,12H,11H2,1-2H3,(H,21,25)(H,22,24)/t12-/m0/s1. The number of halogens is 2. The smallest absolute Gasteiger partial charge is 0.241 e. The van der Waals surface area contributed by atoms with Crippen LogP contribution in [0.1, 0.15) is 6.92 Å². The summed E-state index contributed by atoms with van der Waals surface area (Å²) >= 11 is 12.1. The molecular weight excluding hydrogens is 361 g/mol. The lowest BCUT2D eigenvalue weighted by Crippen LogP contribution is -2.43. The van der Waals surface area contributed by atoms with Crippen molar-refractivity contribution in [2.24, 2.45) is 0 Å². The van der Waals surface area contributed by atoms with Crippen LogP contribution >= 0.6 is 23.2 Å².